The minimum Gasteiger partial charge on any atom is -0.480 e. The van der Waals surface area contributed by atoms with Crippen molar-refractivity contribution >= 4 is 23.7 Å². The molecular weight excluding hydrogens is 328 g/mol. The Morgan fingerprint density at radius 2 is 1.92 bits per heavy atom. The number of hydrogen-bond acceptors (Lipinski definition) is 5. The number of carboxylic acids is 1. The van der Waals surface area contributed by atoms with E-state index in [2.05, 4.69) is 5.32 Å². The molecule has 0 fully saturated rings. The summed E-state index contributed by atoms with van der Waals surface area (Å²) in [5.41, 5.74) is 0.524. The Morgan fingerprint density at radius 1 is 1.24 bits per heavy atom. The van der Waals surface area contributed by atoms with E-state index in [0.717, 1.165) is 6.42 Å². The fourth-order valence-corrected chi connectivity index (χ4v) is 2.53. The van der Waals surface area contributed by atoms with E-state index in [1.807, 2.05) is 6.92 Å². The zero-order valence-electron chi connectivity index (χ0n) is 14.1. The first-order valence-corrected chi connectivity index (χ1v) is 7.93. The smallest absolute Gasteiger partial charge is 0.328 e. The van der Waals surface area contributed by atoms with E-state index >= 15 is 0 Å². The maximum atomic E-state index is 12.4. The summed E-state index contributed by atoms with van der Waals surface area (Å²) in [6.45, 7) is 2.10. The number of fused-ring (bicyclic) bond motifs is 1. The van der Waals surface area contributed by atoms with Gasteiger partial charge in [0.1, 0.15) is 0 Å². The minimum atomic E-state index is -1.23. The Balaban J connectivity index is 2.21. The van der Waals surface area contributed by atoms with Gasteiger partial charge < -0.3 is 15.2 Å². The lowest BCUT2D eigenvalue weighted by Gasteiger charge is -2.13. The monoisotopic (exact) mass is 348 g/mol. The van der Waals surface area contributed by atoms with E-state index in [1.54, 1.807) is 0 Å². The van der Waals surface area contributed by atoms with Crippen molar-refractivity contribution in [2.24, 2.45) is 0 Å². The maximum Gasteiger partial charge on any atom is 0.328 e. The van der Waals surface area contributed by atoms with Crippen molar-refractivity contribution < 1.29 is 29.0 Å². The van der Waals surface area contributed by atoms with Gasteiger partial charge in [-0.3, -0.25) is 19.3 Å². The number of carbonyl (C=O) groups excluding carboxylic acids is 3. The van der Waals surface area contributed by atoms with Crippen LogP contribution in [0.5, 0.6) is 0 Å². The van der Waals surface area contributed by atoms with Crippen molar-refractivity contribution in [3.63, 3.8) is 0 Å². The van der Waals surface area contributed by atoms with Crippen LogP contribution in [0, 0.1) is 0 Å². The average Bonchev–Trinajstić information content (AvgIpc) is 2.83. The maximum absolute atomic E-state index is 12.4. The van der Waals surface area contributed by atoms with Gasteiger partial charge in [-0.2, -0.15) is 0 Å². The van der Waals surface area contributed by atoms with Crippen LogP contribution >= 0.6 is 0 Å². The Kier molecular flexibility index (Phi) is 5.87. The van der Waals surface area contributed by atoms with E-state index in [0.29, 0.717) is 13.0 Å². The highest BCUT2D eigenvalue weighted by Crippen LogP contribution is 2.24. The van der Waals surface area contributed by atoms with Crippen LogP contribution in [0.3, 0.4) is 0 Å². The quantitative estimate of drug-likeness (QED) is 0.675. The Bertz CT molecular complexity index is 715. The SMILES string of the molecule is CCCCN1C(=O)c2ccc(C(=O)NC(COC)C(=O)O)cc2C1=O. The fourth-order valence-electron chi connectivity index (χ4n) is 2.53. The first-order chi connectivity index (χ1) is 11.9. The predicted molar refractivity (Wildman–Crippen MR) is 87.5 cm³/mol. The van der Waals surface area contributed by atoms with Gasteiger partial charge in [0.25, 0.3) is 17.7 Å². The molecule has 1 unspecified atom stereocenters. The number of nitrogens with one attached hydrogen (secondary N) is 1. The molecule has 2 rings (SSSR count). The van der Waals surface area contributed by atoms with Gasteiger partial charge in [0.05, 0.1) is 17.7 Å². The van der Waals surface area contributed by atoms with Crippen LogP contribution in [0.25, 0.3) is 0 Å². The number of unbranched alkanes of at least 4 members (excludes halogenated alkanes) is 1. The summed E-state index contributed by atoms with van der Waals surface area (Å²) in [5, 5.41) is 11.4. The lowest BCUT2D eigenvalue weighted by molar-refractivity contribution is -0.140. The van der Waals surface area contributed by atoms with Crippen molar-refractivity contribution in [1.29, 1.82) is 0 Å². The highest BCUT2D eigenvalue weighted by atomic mass is 16.5. The summed E-state index contributed by atoms with van der Waals surface area (Å²) in [4.78, 5) is 49.1. The second-order valence-corrected chi connectivity index (χ2v) is 5.70. The minimum absolute atomic E-state index is 0.111. The summed E-state index contributed by atoms with van der Waals surface area (Å²) >= 11 is 0. The van der Waals surface area contributed by atoms with E-state index in [1.165, 1.54) is 30.2 Å². The molecule has 8 nitrogen and oxygen atoms in total. The van der Waals surface area contributed by atoms with Crippen LogP contribution in [0.1, 0.15) is 50.8 Å². The molecule has 134 valence electrons. The number of methoxy groups -OCH3 is 1. The van der Waals surface area contributed by atoms with Crippen molar-refractivity contribution in [2.45, 2.75) is 25.8 Å². The highest BCUT2D eigenvalue weighted by Gasteiger charge is 2.35. The molecule has 1 atom stereocenters. The number of imide groups is 1. The molecule has 8 heteroatoms. The van der Waals surface area contributed by atoms with Gasteiger partial charge in [0.2, 0.25) is 0 Å². The molecule has 1 aliphatic rings. The lowest BCUT2D eigenvalue weighted by atomic mass is 10.0. The summed E-state index contributed by atoms with van der Waals surface area (Å²) in [6.07, 6.45) is 1.55. The lowest BCUT2D eigenvalue weighted by Crippen LogP contribution is -2.43. The Hall–Kier alpha value is -2.74. The molecule has 0 spiro atoms. The molecule has 2 N–H and O–H groups in total. The molecule has 0 saturated carbocycles. The molecule has 25 heavy (non-hydrogen) atoms. The molecule has 0 aliphatic carbocycles. The predicted octanol–water partition coefficient (Wildman–Crippen LogP) is 0.912. The van der Waals surface area contributed by atoms with E-state index in [9.17, 15) is 19.2 Å². The van der Waals surface area contributed by atoms with Gasteiger partial charge in [-0.25, -0.2) is 4.79 Å². The van der Waals surface area contributed by atoms with Crippen LogP contribution in [0.4, 0.5) is 0 Å². The first kappa shape index (κ1) is 18.6. The van der Waals surface area contributed by atoms with Crippen LogP contribution in [0.15, 0.2) is 18.2 Å². The summed E-state index contributed by atoms with van der Waals surface area (Å²) < 4.78 is 4.76. The zero-order chi connectivity index (χ0) is 18.6. The van der Waals surface area contributed by atoms with Crippen LogP contribution < -0.4 is 5.32 Å². The summed E-state index contributed by atoms with van der Waals surface area (Å²) in [5.74, 6) is -2.69. The molecule has 1 aromatic carbocycles. The third-order valence-corrected chi connectivity index (χ3v) is 3.90. The van der Waals surface area contributed by atoms with E-state index < -0.39 is 23.8 Å². The molecule has 1 heterocycles. The van der Waals surface area contributed by atoms with Crippen molar-refractivity contribution in [3.05, 3.63) is 34.9 Å². The number of carboxylic acid groups (broad SMARTS) is 1. The molecule has 0 radical (unpaired) electrons. The molecule has 3 amide bonds. The third kappa shape index (κ3) is 3.85. The topological polar surface area (TPSA) is 113 Å². The molecule has 0 aromatic heterocycles. The van der Waals surface area contributed by atoms with Crippen LogP contribution in [0.2, 0.25) is 0 Å². The Labute approximate surface area is 144 Å². The number of benzene rings is 1. The fraction of sp³-hybridized carbons (Fsp3) is 0.412. The number of carbonyl (C=O) groups is 4. The molecule has 1 aromatic rings. The standard InChI is InChI=1S/C17H20N2O6/c1-3-4-7-19-15(21)11-6-5-10(8-12(11)16(19)22)14(20)18-13(9-25-2)17(23)24/h5-6,8,13H,3-4,7,9H2,1-2H3,(H,18,20)(H,23,24). The molecule has 0 bridgehead atoms. The highest BCUT2D eigenvalue weighted by molar-refractivity contribution is 6.22. The second kappa shape index (κ2) is 7.89. The number of hydrogen-bond donors (Lipinski definition) is 2. The summed E-state index contributed by atoms with van der Waals surface area (Å²) in [7, 11) is 1.33. The van der Waals surface area contributed by atoms with Gasteiger partial charge in [0.15, 0.2) is 6.04 Å². The van der Waals surface area contributed by atoms with Gasteiger partial charge in [-0.15, -0.1) is 0 Å². The largest absolute Gasteiger partial charge is 0.480 e. The van der Waals surface area contributed by atoms with Crippen molar-refractivity contribution in [3.8, 4) is 0 Å². The van der Waals surface area contributed by atoms with E-state index in [4.69, 9.17) is 9.84 Å². The number of nitrogens with zero attached hydrogens (tertiary/aromatic N) is 1. The number of amides is 3. The van der Waals surface area contributed by atoms with Gasteiger partial charge in [-0.05, 0) is 24.6 Å². The number of rotatable bonds is 8. The number of aliphatic carboxylic acids is 1. The van der Waals surface area contributed by atoms with Crippen LogP contribution in [-0.2, 0) is 9.53 Å². The second-order valence-electron chi connectivity index (χ2n) is 5.70. The van der Waals surface area contributed by atoms with Crippen molar-refractivity contribution in [2.75, 3.05) is 20.3 Å². The van der Waals surface area contributed by atoms with Gasteiger partial charge in [-0.1, -0.05) is 13.3 Å². The molecule has 0 saturated heterocycles. The summed E-state index contributed by atoms with van der Waals surface area (Å²) in [6, 6.07) is 2.93. The normalized spacial score (nSPS) is 14.4. The number of ether oxygens (including phenoxy) is 1. The van der Waals surface area contributed by atoms with Gasteiger partial charge in [0, 0.05) is 19.2 Å². The van der Waals surface area contributed by atoms with E-state index in [-0.39, 0.29) is 29.2 Å². The first-order valence-electron chi connectivity index (χ1n) is 7.93. The van der Waals surface area contributed by atoms with Gasteiger partial charge >= 0.3 is 5.97 Å². The zero-order valence-corrected chi connectivity index (χ0v) is 14.1. The van der Waals surface area contributed by atoms with Crippen molar-refractivity contribution in [1.82, 2.24) is 10.2 Å². The molecular formula is C17H20N2O6. The molecule has 1 aliphatic heterocycles. The Morgan fingerprint density at radius 3 is 2.52 bits per heavy atom. The van der Waals surface area contributed by atoms with Crippen LogP contribution in [-0.4, -0.2) is 60.0 Å². The third-order valence-electron chi connectivity index (χ3n) is 3.90. The average molecular weight is 348 g/mol.